The van der Waals surface area contributed by atoms with Gasteiger partial charge in [-0.1, -0.05) is 114 Å². The molecule has 0 unspecified atom stereocenters. The van der Waals surface area contributed by atoms with Crippen molar-refractivity contribution in [3.63, 3.8) is 0 Å². The smallest absolute Gasteiger partial charge is 0.0875 e. The van der Waals surface area contributed by atoms with E-state index in [-0.39, 0.29) is 0 Å². The van der Waals surface area contributed by atoms with Crippen LogP contribution in [-0.2, 0) is 0 Å². The SMILES string of the molecule is N/C(=C/c1ccccc1)c1cccc(-c2ccc([SiH2]c3ccccc3)cc2)c1. The lowest BCUT2D eigenvalue weighted by atomic mass is 10.0. The zero-order valence-corrected chi connectivity index (χ0v) is 17.2. The van der Waals surface area contributed by atoms with Gasteiger partial charge < -0.3 is 5.73 Å². The molecule has 4 rings (SSSR count). The Labute approximate surface area is 169 Å². The Morgan fingerprint density at radius 3 is 1.96 bits per heavy atom. The van der Waals surface area contributed by atoms with E-state index in [1.807, 2.05) is 24.3 Å². The minimum absolute atomic E-state index is 0.413. The summed E-state index contributed by atoms with van der Waals surface area (Å²) in [6.45, 7) is 0. The molecule has 0 amide bonds. The highest BCUT2D eigenvalue weighted by Crippen LogP contribution is 2.22. The molecule has 0 aliphatic carbocycles. The first kappa shape index (κ1) is 18.0. The summed E-state index contributed by atoms with van der Waals surface area (Å²) in [5.74, 6) is 0. The second kappa shape index (κ2) is 8.55. The van der Waals surface area contributed by atoms with E-state index in [0.717, 1.165) is 16.8 Å². The molecule has 0 atom stereocenters. The van der Waals surface area contributed by atoms with Crippen molar-refractivity contribution in [2.75, 3.05) is 0 Å². The molecule has 4 aromatic carbocycles. The molecule has 136 valence electrons. The van der Waals surface area contributed by atoms with E-state index in [1.165, 1.54) is 21.5 Å². The van der Waals surface area contributed by atoms with E-state index in [1.54, 1.807) is 0 Å². The molecule has 0 spiro atoms. The fourth-order valence-corrected chi connectivity index (χ4v) is 4.79. The van der Waals surface area contributed by atoms with Crippen molar-refractivity contribution in [2.24, 2.45) is 5.73 Å². The van der Waals surface area contributed by atoms with Gasteiger partial charge in [0.25, 0.3) is 0 Å². The Balaban J connectivity index is 1.55. The van der Waals surface area contributed by atoms with Gasteiger partial charge in [-0.05, 0) is 34.4 Å². The van der Waals surface area contributed by atoms with Crippen molar-refractivity contribution in [1.29, 1.82) is 0 Å². The summed E-state index contributed by atoms with van der Waals surface area (Å²) in [7, 11) is -0.413. The second-order valence-corrected chi connectivity index (χ2v) is 8.94. The van der Waals surface area contributed by atoms with Crippen LogP contribution in [0.25, 0.3) is 22.9 Å². The summed E-state index contributed by atoms with van der Waals surface area (Å²) in [6, 6.07) is 38.4. The Morgan fingerprint density at radius 2 is 1.25 bits per heavy atom. The summed E-state index contributed by atoms with van der Waals surface area (Å²) in [6.07, 6.45) is 2.02. The Kier molecular flexibility index (Phi) is 5.50. The quantitative estimate of drug-likeness (QED) is 0.414. The molecular weight excluding hydrogens is 354 g/mol. The van der Waals surface area contributed by atoms with Crippen LogP contribution >= 0.6 is 0 Å². The lowest BCUT2D eigenvalue weighted by molar-refractivity contribution is 1.52. The fraction of sp³-hybridized carbons (Fsp3) is 0. The van der Waals surface area contributed by atoms with Crippen molar-refractivity contribution in [3.8, 4) is 11.1 Å². The van der Waals surface area contributed by atoms with Gasteiger partial charge in [0.1, 0.15) is 0 Å². The van der Waals surface area contributed by atoms with E-state index >= 15 is 0 Å². The molecule has 0 saturated heterocycles. The maximum atomic E-state index is 6.35. The molecule has 28 heavy (non-hydrogen) atoms. The van der Waals surface area contributed by atoms with Crippen LogP contribution in [0.3, 0.4) is 0 Å². The molecule has 2 N–H and O–H groups in total. The minimum Gasteiger partial charge on any atom is -0.398 e. The first-order valence-corrected chi connectivity index (χ1v) is 11.0. The number of hydrogen-bond acceptors (Lipinski definition) is 1. The number of nitrogens with two attached hydrogens (primary N) is 1. The van der Waals surface area contributed by atoms with Crippen LogP contribution in [-0.4, -0.2) is 9.52 Å². The number of hydrogen-bond donors (Lipinski definition) is 1. The summed E-state index contributed by atoms with van der Waals surface area (Å²) in [5, 5.41) is 2.92. The van der Waals surface area contributed by atoms with Gasteiger partial charge in [0.05, 0.1) is 9.52 Å². The van der Waals surface area contributed by atoms with E-state index < -0.39 is 9.52 Å². The predicted molar refractivity (Wildman–Crippen MR) is 125 cm³/mol. The van der Waals surface area contributed by atoms with Crippen LogP contribution in [0, 0.1) is 0 Å². The average molecular weight is 378 g/mol. The Bertz CT molecular complexity index is 1070. The zero-order chi connectivity index (χ0) is 19.2. The van der Waals surface area contributed by atoms with Gasteiger partial charge in [0, 0.05) is 5.70 Å². The molecule has 4 aromatic rings. The van der Waals surface area contributed by atoms with Crippen molar-refractivity contribution < 1.29 is 0 Å². The molecule has 0 fully saturated rings. The molecule has 2 heteroatoms. The predicted octanol–water partition coefficient (Wildman–Crippen LogP) is 3.93. The molecule has 0 aliphatic heterocycles. The first-order chi connectivity index (χ1) is 13.8. The number of benzene rings is 4. The standard InChI is InChI=1S/C26H23NSi/c27-26(18-20-8-3-1-4-9-20)23-11-7-10-22(19-23)21-14-16-25(17-15-21)28-24-12-5-2-6-13-24/h1-19H,27-28H2/b26-18+. The highest BCUT2D eigenvalue weighted by Gasteiger charge is 2.03. The zero-order valence-electron chi connectivity index (χ0n) is 15.8. The third-order valence-electron chi connectivity index (χ3n) is 4.86. The molecular formula is C26H23NSi. The summed E-state index contributed by atoms with van der Waals surface area (Å²) >= 11 is 0. The first-order valence-electron chi connectivity index (χ1n) is 9.54. The maximum absolute atomic E-state index is 6.35. The molecule has 0 aliphatic rings. The van der Waals surface area contributed by atoms with Crippen LogP contribution in [0.4, 0.5) is 0 Å². The lowest BCUT2D eigenvalue weighted by Crippen LogP contribution is -2.26. The third-order valence-corrected chi connectivity index (χ3v) is 6.62. The highest BCUT2D eigenvalue weighted by atomic mass is 28.2. The van der Waals surface area contributed by atoms with E-state index in [9.17, 15) is 0 Å². The normalized spacial score (nSPS) is 11.8. The van der Waals surface area contributed by atoms with Gasteiger partial charge in [0.2, 0.25) is 0 Å². The summed E-state index contributed by atoms with van der Waals surface area (Å²) in [5.41, 5.74) is 11.7. The van der Waals surface area contributed by atoms with Gasteiger partial charge in [-0.25, -0.2) is 0 Å². The number of rotatable bonds is 5. The molecule has 1 nitrogen and oxygen atoms in total. The van der Waals surface area contributed by atoms with Gasteiger partial charge in [-0.15, -0.1) is 0 Å². The fourth-order valence-electron chi connectivity index (χ4n) is 3.34. The third kappa shape index (κ3) is 4.48. The minimum atomic E-state index is -0.413. The van der Waals surface area contributed by atoms with E-state index in [4.69, 9.17) is 5.73 Å². The van der Waals surface area contributed by atoms with E-state index in [2.05, 4.69) is 91.0 Å². The van der Waals surface area contributed by atoms with Crippen LogP contribution in [0.2, 0.25) is 0 Å². The van der Waals surface area contributed by atoms with Gasteiger partial charge in [-0.3, -0.25) is 0 Å². The van der Waals surface area contributed by atoms with Crippen LogP contribution < -0.4 is 16.1 Å². The summed E-state index contributed by atoms with van der Waals surface area (Å²) in [4.78, 5) is 0. The monoisotopic (exact) mass is 377 g/mol. The van der Waals surface area contributed by atoms with Crippen LogP contribution in [0.1, 0.15) is 11.1 Å². The van der Waals surface area contributed by atoms with Crippen molar-refractivity contribution >= 4 is 31.7 Å². The van der Waals surface area contributed by atoms with Crippen molar-refractivity contribution in [2.45, 2.75) is 0 Å². The molecule has 0 heterocycles. The van der Waals surface area contributed by atoms with E-state index in [0.29, 0.717) is 0 Å². The van der Waals surface area contributed by atoms with Gasteiger partial charge >= 0.3 is 0 Å². The van der Waals surface area contributed by atoms with Crippen molar-refractivity contribution in [3.05, 3.63) is 120 Å². The summed E-state index contributed by atoms with van der Waals surface area (Å²) < 4.78 is 0. The molecule has 0 bridgehead atoms. The molecule has 0 radical (unpaired) electrons. The van der Waals surface area contributed by atoms with Gasteiger partial charge in [-0.2, -0.15) is 0 Å². The Hall–Kier alpha value is -3.36. The topological polar surface area (TPSA) is 26.0 Å². The van der Waals surface area contributed by atoms with Gasteiger partial charge in [0.15, 0.2) is 0 Å². The van der Waals surface area contributed by atoms with Crippen LogP contribution in [0.5, 0.6) is 0 Å². The second-order valence-electron chi connectivity index (χ2n) is 6.95. The largest absolute Gasteiger partial charge is 0.398 e. The molecule has 0 aromatic heterocycles. The lowest BCUT2D eigenvalue weighted by Gasteiger charge is -2.08. The average Bonchev–Trinajstić information content (AvgIpc) is 2.76. The molecule has 0 saturated carbocycles. The van der Waals surface area contributed by atoms with Crippen molar-refractivity contribution in [1.82, 2.24) is 0 Å². The Morgan fingerprint density at radius 1 is 0.607 bits per heavy atom. The highest BCUT2D eigenvalue weighted by molar-refractivity contribution is 6.67. The van der Waals surface area contributed by atoms with Crippen LogP contribution in [0.15, 0.2) is 109 Å². The maximum Gasteiger partial charge on any atom is 0.0875 e.